The molecule has 1 N–H and O–H groups in total. The minimum atomic E-state index is 0.473. The van der Waals surface area contributed by atoms with E-state index in [-0.39, 0.29) is 0 Å². The monoisotopic (exact) mass is 329 g/mol. The molecule has 0 saturated heterocycles. The molecule has 0 amide bonds. The van der Waals surface area contributed by atoms with Crippen LogP contribution in [0.5, 0.6) is 0 Å². The molecule has 98 valence electrons. The Kier molecular flexibility index (Phi) is 4.91. The maximum Gasteiger partial charge on any atom is 0.227 e. The van der Waals surface area contributed by atoms with Crippen molar-refractivity contribution in [2.45, 2.75) is 32.7 Å². The molecule has 18 heavy (non-hydrogen) atoms. The van der Waals surface area contributed by atoms with E-state index in [2.05, 4.69) is 45.2 Å². The van der Waals surface area contributed by atoms with E-state index in [4.69, 9.17) is 4.52 Å². The first-order chi connectivity index (χ1) is 8.69. The smallest absolute Gasteiger partial charge is 0.227 e. The molecule has 0 aromatic carbocycles. The molecule has 6 heteroatoms. The average Bonchev–Trinajstić information content (AvgIpc) is 2.95. The van der Waals surface area contributed by atoms with Gasteiger partial charge in [0.05, 0.1) is 4.88 Å². The fourth-order valence-electron chi connectivity index (χ4n) is 1.68. The molecule has 2 heterocycles. The zero-order valence-corrected chi connectivity index (χ0v) is 12.8. The molecule has 0 aliphatic rings. The molecule has 0 spiro atoms. The zero-order valence-electron chi connectivity index (χ0n) is 10.4. The lowest BCUT2D eigenvalue weighted by atomic mass is 10.2. The van der Waals surface area contributed by atoms with E-state index in [9.17, 15) is 0 Å². The normalized spacial score (nSPS) is 12.8. The standard InChI is InChI=1S/C12H16BrN3OS/c1-3-14-8(2)4-5-11-15-12(16-17-11)10-6-9(13)7-18-10/h6-8,14H,3-5H2,1-2H3. The highest BCUT2D eigenvalue weighted by molar-refractivity contribution is 9.10. The predicted molar refractivity (Wildman–Crippen MR) is 76.8 cm³/mol. The molecule has 2 aromatic heterocycles. The maximum absolute atomic E-state index is 5.26. The van der Waals surface area contributed by atoms with E-state index in [0.717, 1.165) is 28.7 Å². The fraction of sp³-hybridized carbons (Fsp3) is 0.500. The summed E-state index contributed by atoms with van der Waals surface area (Å²) in [7, 11) is 0. The second-order valence-electron chi connectivity index (χ2n) is 4.14. The van der Waals surface area contributed by atoms with E-state index >= 15 is 0 Å². The summed E-state index contributed by atoms with van der Waals surface area (Å²) in [5.74, 6) is 1.39. The fourth-order valence-corrected chi connectivity index (χ4v) is 3.03. The third-order valence-corrected chi connectivity index (χ3v) is 4.29. The molecule has 2 aromatic rings. The lowest BCUT2D eigenvalue weighted by molar-refractivity contribution is 0.368. The maximum atomic E-state index is 5.26. The molecule has 0 aliphatic carbocycles. The van der Waals surface area contributed by atoms with Crippen molar-refractivity contribution in [1.82, 2.24) is 15.5 Å². The Morgan fingerprint density at radius 3 is 3.06 bits per heavy atom. The van der Waals surface area contributed by atoms with Crippen molar-refractivity contribution < 1.29 is 4.52 Å². The molecule has 1 atom stereocenters. The van der Waals surface area contributed by atoms with Gasteiger partial charge in [-0.15, -0.1) is 11.3 Å². The molecule has 0 radical (unpaired) electrons. The highest BCUT2D eigenvalue weighted by Gasteiger charge is 2.11. The summed E-state index contributed by atoms with van der Waals surface area (Å²) >= 11 is 5.02. The molecule has 4 nitrogen and oxygen atoms in total. The first-order valence-corrected chi connectivity index (χ1v) is 7.66. The molecule has 2 rings (SSSR count). The predicted octanol–water partition coefficient (Wildman–Crippen LogP) is 3.49. The van der Waals surface area contributed by atoms with Gasteiger partial charge in [0.1, 0.15) is 0 Å². The van der Waals surface area contributed by atoms with Crippen LogP contribution in [0.15, 0.2) is 20.4 Å². The molecular formula is C12H16BrN3OS. The van der Waals surface area contributed by atoms with Crippen molar-refractivity contribution in [2.24, 2.45) is 0 Å². The van der Waals surface area contributed by atoms with Crippen LogP contribution in [0.25, 0.3) is 10.7 Å². The highest BCUT2D eigenvalue weighted by atomic mass is 79.9. The number of thiophene rings is 1. The van der Waals surface area contributed by atoms with Crippen LogP contribution in [-0.2, 0) is 6.42 Å². The number of aryl methyl sites for hydroxylation is 1. The first kappa shape index (κ1) is 13.7. The van der Waals surface area contributed by atoms with Crippen molar-refractivity contribution in [3.63, 3.8) is 0 Å². The summed E-state index contributed by atoms with van der Waals surface area (Å²) in [6, 6.07) is 2.47. The van der Waals surface area contributed by atoms with Gasteiger partial charge in [-0.1, -0.05) is 12.1 Å². The molecule has 0 saturated carbocycles. The van der Waals surface area contributed by atoms with E-state index in [1.807, 2.05) is 11.4 Å². The minimum Gasteiger partial charge on any atom is -0.339 e. The Hall–Kier alpha value is -0.720. The van der Waals surface area contributed by atoms with Crippen LogP contribution >= 0.6 is 27.3 Å². The van der Waals surface area contributed by atoms with Crippen molar-refractivity contribution in [3.05, 3.63) is 21.8 Å². The van der Waals surface area contributed by atoms with Crippen molar-refractivity contribution in [2.75, 3.05) is 6.54 Å². The molecule has 1 unspecified atom stereocenters. The number of rotatable bonds is 6. The van der Waals surface area contributed by atoms with Crippen molar-refractivity contribution >= 4 is 27.3 Å². The number of nitrogens with one attached hydrogen (secondary N) is 1. The largest absolute Gasteiger partial charge is 0.339 e. The van der Waals surface area contributed by atoms with Gasteiger partial charge in [0.2, 0.25) is 11.7 Å². The molecule has 0 bridgehead atoms. The van der Waals surface area contributed by atoms with E-state index in [1.54, 1.807) is 11.3 Å². The highest BCUT2D eigenvalue weighted by Crippen LogP contribution is 2.27. The average molecular weight is 330 g/mol. The van der Waals surface area contributed by atoms with Crippen LogP contribution in [0.4, 0.5) is 0 Å². The number of aromatic nitrogens is 2. The Balaban J connectivity index is 1.94. The van der Waals surface area contributed by atoms with E-state index < -0.39 is 0 Å². The van der Waals surface area contributed by atoms with Gasteiger partial charge in [-0.2, -0.15) is 4.98 Å². The summed E-state index contributed by atoms with van der Waals surface area (Å²) in [5, 5.41) is 9.38. The Bertz CT molecular complexity index is 497. The van der Waals surface area contributed by atoms with Crippen LogP contribution in [0.1, 0.15) is 26.2 Å². The van der Waals surface area contributed by atoms with Crippen LogP contribution in [0, 0.1) is 0 Å². The molecule has 0 fully saturated rings. The summed E-state index contributed by atoms with van der Waals surface area (Å²) in [6.45, 7) is 5.26. The van der Waals surface area contributed by atoms with Crippen LogP contribution in [0.3, 0.4) is 0 Å². The summed E-state index contributed by atoms with van der Waals surface area (Å²) in [6.07, 6.45) is 1.82. The van der Waals surface area contributed by atoms with Crippen molar-refractivity contribution in [1.29, 1.82) is 0 Å². The van der Waals surface area contributed by atoms with Gasteiger partial charge >= 0.3 is 0 Å². The summed E-state index contributed by atoms with van der Waals surface area (Å²) in [4.78, 5) is 5.43. The second kappa shape index (κ2) is 6.45. The summed E-state index contributed by atoms with van der Waals surface area (Å²) < 4.78 is 6.31. The topological polar surface area (TPSA) is 51.0 Å². The third kappa shape index (κ3) is 3.63. The van der Waals surface area contributed by atoms with Crippen LogP contribution < -0.4 is 5.32 Å². The number of hydrogen-bond acceptors (Lipinski definition) is 5. The van der Waals surface area contributed by atoms with Crippen LogP contribution in [0.2, 0.25) is 0 Å². The van der Waals surface area contributed by atoms with Gasteiger partial charge < -0.3 is 9.84 Å². The SMILES string of the molecule is CCNC(C)CCc1nc(-c2cc(Br)cs2)no1. The van der Waals surface area contributed by atoms with Crippen LogP contribution in [-0.4, -0.2) is 22.7 Å². The molecule has 0 aliphatic heterocycles. The van der Waals surface area contributed by atoms with Gasteiger partial charge in [-0.05, 0) is 41.9 Å². The number of hydrogen-bond donors (Lipinski definition) is 1. The lowest BCUT2D eigenvalue weighted by Crippen LogP contribution is -2.25. The van der Waals surface area contributed by atoms with Gasteiger partial charge in [0.15, 0.2) is 0 Å². The van der Waals surface area contributed by atoms with E-state index in [1.165, 1.54) is 0 Å². The summed E-state index contributed by atoms with van der Waals surface area (Å²) in [5.41, 5.74) is 0. The molecular weight excluding hydrogens is 314 g/mol. The number of halogens is 1. The van der Waals surface area contributed by atoms with E-state index in [0.29, 0.717) is 17.8 Å². The van der Waals surface area contributed by atoms with Gasteiger partial charge in [0, 0.05) is 22.3 Å². The Morgan fingerprint density at radius 1 is 1.56 bits per heavy atom. The quantitative estimate of drug-likeness (QED) is 0.881. The van der Waals surface area contributed by atoms with Gasteiger partial charge in [-0.25, -0.2) is 0 Å². The van der Waals surface area contributed by atoms with Gasteiger partial charge in [0.25, 0.3) is 0 Å². The second-order valence-corrected chi connectivity index (χ2v) is 5.97. The first-order valence-electron chi connectivity index (χ1n) is 5.99. The number of nitrogens with zero attached hydrogens (tertiary/aromatic N) is 2. The lowest BCUT2D eigenvalue weighted by Gasteiger charge is -2.09. The van der Waals surface area contributed by atoms with Gasteiger partial charge in [-0.3, -0.25) is 0 Å². The van der Waals surface area contributed by atoms with Crippen molar-refractivity contribution in [3.8, 4) is 10.7 Å². The third-order valence-electron chi connectivity index (χ3n) is 2.60. The minimum absolute atomic E-state index is 0.473. The Morgan fingerprint density at radius 2 is 2.39 bits per heavy atom. The zero-order chi connectivity index (χ0) is 13.0. The Labute approximate surface area is 119 Å².